The first-order valence-electron chi connectivity index (χ1n) is 4.94. The van der Waals surface area contributed by atoms with Gasteiger partial charge in [0.05, 0.1) is 12.6 Å². The number of hydrogen-bond acceptors (Lipinski definition) is 2. The van der Waals surface area contributed by atoms with Crippen molar-refractivity contribution >= 4 is 17.3 Å². The first kappa shape index (κ1) is 9.81. The molecule has 0 bridgehead atoms. The van der Waals surface area contributed by atoms with Crippen LogP contribution in [0.4, 0.5) is 5.69 Å². The van der Waals surface area contributed by atoms with Crippen molar-refractivity contribution in [2.24, 2.45) is 0 Å². The number of anilines is 1. The van der Waals surface area contributed by atoms with Gasteiger partial charge < -0.3 is 10.0 Å². The Balaban J connectivity index is 2.17. The maximum absolute atomic E-state index is 9.18. The van der Waals surface area contributed by atoms with E-state index in [4.69, 9.17) is 11.6 Å². The van der Waals surface area contributed by atoms with E-state index in [9.17, 15) is 5.11 Å². The standard InChI is InChI=1S/C11H14ClNO/c12-9-3-5-10(6-4-9)13-7-1-2-11(13)8-14/h3-6,11,14H,1-2,7-8H2/t11-/m1/s1. The van der Waals surface area contributed by atoms with Crippen molar-refractivity contribution in [3.63, 3.8) is 0 Å². The van der Waals surface area contributed by atoms with E-state index >= 15 is 0 Å². The molecule has 0 radical (unpaired) electrons. The van der Waals surface area contributed by atoms with Crippen molar-refractivity contribution in [2.45, 2.75) is 18.9 Å². The van der Waals surface area contributed by atoms with Gasteiger partial charge in [-0.25, -0.2) is 0 Å². The largest absolute Gasteiger partial charge is 0.394 e. The highest BCUT2D eigenvalue weighted by atomic mass is 35.5. The van der Waals surface area contributed by atoms with Gasteiger partial charge in [-0.1, -0.05) is 11.6 Å². The molecule has 1 atom stereocenters. The van der Waals surface area contributed by atoms with Gasteiger partial charge >= 0.3 is 0 Å². The van der Waals surface area contributed by atoms with Gasteiger partial charge in [-0.05, 0) is 37.1 Å². The summed E-state index contributed by atoms with van der Waals surface area (Å²) in [4.78, 5) is 2.25. The first-order valence-corrected chi connectivity index (χ1v) is 5.32. The van der Waals surface area contributed by atoms with Crippen LogP contribution in [0.25, 0.3) is 0 Å². The van der Waals surface area contributed by atoms with Gasteiger partial charge in [0, 0.05) is 17.3 Å². The summed E-state index contributed by atoms with van der Waals surface area (Å²) < 4.78 is 0. The molecule has 3 heteroatoms. The van der Waals surface area contributed by atoms with E-state index in [2.05, 4.69) is 4.90 Å². The zero-order valence-electron chi connectivity index (χ0n) is 7.99. The fourth-order valence-corrected chi connectivity index (χ4v) is 2.12. The molecule has 2 rings (SSSR count). The van der Waals surface area contributed by atoms with Crippen LogP contribution in [0, 0.1) is 0 Å². The van der Waals surface area contributed by atoms with Gasteiger partial charge in [0.1, 0.15) is 0 Å². The number of benzene rings is 1. The van der Waals surface area contributed by atoms with Crippen molar-refractivity contribution in [3.05, 3.63) is 29.3 Å². The number of rotatable bonds is 2. The summed E-state index contributed by atoms with van der Waals surface area (Å²) in [5, 5.41) is 9.94. The number of aliphatic hydroxyl groups is 1. The smallest absolute Gasteiger partial charge is 0.0635 e. The summed E-state index contributed by atoms with van der Waals surface area (Å²) in [6.45, 7) is 1.27. The highest BCUT2D eigenvalue weighted by molar-refractivity contribution is 6.30. The van der Waals surface area contributed by atoms with Crippen molar-refractivity contribution in [1.29, 1.82) is 0 Å². The van der Waals surface area contributed by atoms with Crippen LogP contribution >= 0.6 is 11.6 Å². The van der Waals surface area contributed by atoms with Gasteiger partial charge in [0.15, 0.2) is 0 Å². The first-order chi connectivity index (χ1) is 6.81. The van der Waals surface area contributed by atoms with Crippen molar-refractivity contribution in [2.75, 3.05) is 18.1 Å². The molecule has 0 saturated carbocycles. The summed E-state index contributed by atoms with van der Waals surface area (Å²) in [6, 6.07) is 8.09. The topological polar surface area (TPSA) is 23.5 Å². The Hall–Kier alpha value is -0.730. The highest BCUT2D eigenvalue weighted by Gasteiger charge is 2.23. The number of halogens is 1. The summed E-state index contributed by atoms with van der Waals surface area (Å²) in [7, 11) is 0. The Morgan fingerprint density at radius 2 is 2.07 bits per heavy atom. The Morgan fingerprint density at radius 3 is 2.71 bits per heavy atom. The summed E-state index contributed by atoms with van der Waals surface area (Å²) in [5.74, 6) is 0. The average Bonchev–Trinajstić information content (AvgIpc) is 2.67. The van der Waals surface area contributed by atoms with Gasteiger partial charge in [-0.2, -0.15) is 0 Å². The summed E-state index contributed by atoms with van der Waals surface area (Å²) in [6.07, 6.45) is 2.24. The lowest BCUT2D eigenvalue weighted by Crippen LogP contribution is -2.31. The molecule has 1 N–H and O–H groups in total. The third-order valence-electron chi connectivity index (χ3n) is 2.75. The molecule has 1 heterocycles. The minimum absolute atomic E-state index is 0.239. The number of hydrogen-bond donors (Lipinski definition) is 1. The van der Waals surface area contributed by atoms with Crippen molar-refractivity contribution in [1.82, 2.24) is 0 Å². The van der Waals surface area contributed by atoms with Crippen LogP contribution in [0.1, 0.15) is 12.8 Å². The van der Waals surface area contributed by atoms with Crippen molar-refractivity contribution < 1.29 is 5.11 Å². The fraction of sp³-hybridized carbons (Fsp3) is 0.455. The molecule has 1 aliphatic heterocycles. The van der Waals surface area contributed by atoms with E-state index in [0.29, 0.717) is 0 Å². The molecule has 0 aromatic heterocycles. The van der Waals surface area contributed by atoms with Crippen LogP contribution in [0.5, 0.6) is 0 Å². The Kier molecular flexibility index (Phi) is 2.94. The van der Waals surface area contributed by atoms with E-state index in [-0.39, 0.29) is 12.6 Å². The van der Waals surface area contributed by atoms with E-state index in [1.165, 1.54) is 0 Å². The molecule has 0 spiro atoms. The minimum Gasteiger partial charge on any atom is -0.394 e. The molecule has 1 saturated heterocycles. The predicted octanol–water partition coefficient (Wildman–Crippen LogP) is 2.30. The van der Waals surface area contributed by atoms with Gasteiger partial charge in [0.2, 0.25) is 0 Å². The second kappa shape index (κ2) is 4.20. The van der Waals surface area contributed by atoms with E-state index < -0.39 is 0 Å². The van der Waals surface area contributed by atoms with Gasteiger partial charge in [-0.15, -0.1) is 0 Å². The van der Waals surface area contributed by atoms with Crippen LogP contribution in [-0.2, 0) is 0 Å². The van der Waals surface area contributed by atoms with Crippen LogP contribution in [0.15, 0.2) is 24.3 Å². The van der Waals surface area contributed by atoms with E-state index in [1.807, 2.05) is 24.3 Å². The molecule has 0 amide bonds. The molecule has 1 aromatic carbocycles. The molecular formula is C11H14ClNO. The molecule has 2 nitrogen and oxygen atoms in total. The molecule has 1 fully saturated rings. The zero-order chi connectivity index (χ0) is 9.97. The summed E-state index contributed by atoms with van der Waals surface area (Å²) >= 11 is 5.82. The lowest BCUT2D eigenvalue weighted by atomic mass is 10.2. The molecule has 1 aromatic rings. The van der Waals surface area contributed by atoms with Crippen LogP contribution in [0.3, 0.4) is 0 Å². The van der Waals surface area contributed by atoms with Gasteiger partial charge in [0.25, 0.3) is 0 Å². The monoisotopic (exact) mass is 211 g/mol. The van der Waals surface area contributed by atoms with Gasteiger partial charge in [-0.3, -0.25) is 0 Å². The fourth-order valence-electron chi connectivity index (χ4n) is 2.00. The Morgan fingerprint density at radius 1 is 1.36 bits per heavy atom. The molecule has 14 heavy (non-hydrogen) atoms. The average molecular weight is 212 g/mol. The molecule has 0 aliphatic carbocycles. The molecule has 76 valence electrons. The third-order valence-corrected chi connectivity index (χ3v) is 3.00. The van der Waals surface area contributed by atoms with E-state index in [0.717, 1.165) is 30.1 Å². The lowest BCUT2D eigenvalue weighted by Gasteiger charge is -2.25. The van der Waals surface area contributed by atoms with E-state index in [1.54, 1.807) is 0 Å². The number of aliphatic hydroxyl groups excluding tert-OH is 1. The molecular weight excluding hydrogens is 198 g/mol. The second-order valence-electron chi connectivity index (χ2n) is 3.65. The van der Waals surface area contributed by atoms with Crippen LogP contribution in [0.2, 0.25) is 5.02 Å². The SMILES string of the molecule is OC[C@H]1CCCN1c1ccc(Cl)cc1. The van der Waals surface area contributed by atoms with Crippen LogP contribution in [-0.4, -0.2) is 24.3 Å². The zero-order valence-corrected chi connectivity index (χ0v) is 8.74. The lowest BCUT2D eigenvalue weighted by molar-refractivity contribution is 0.266. The van der Waals surface area contributed by atoms with Crippen LogP contribution < -0.4 is 4.90 Å². The number of nitrogens with zero attached hydrogens (tertiary/aromatic N) is 1. The minimum atomic E-state index is 0.239. The quantitative estimate of drug-likeness (QED) is 0.812. The molecule has 1 aliphatic rings. The molecule has 0 unspecified atom stereocenters. The Bertz CT molecular complexity index is 299. The van der Waals surface area contributed by atoms with Crippen molar-refractivity contribution in [3.8, 4) is 0 Å². The Labute approximate surface area is 89.1 Å². The normalized spacial score (nSPS) is 21.6. The maximum atomic E-state index is 9.18. The highest BCUT2D eigenvalue weighted by Crippen LogP contribution is 2.26. The second-order valence-corrected chi connectivity index (χ2v) is 4.08. The maximum Gasteiger partial charge on any atom is 0.0635 e. The summed E-state index contributed by atoms with van der Waals surface area (Å²) in [5.41, 5.74) is 1.16. The third kappa shape index (κ3) is 1.86. The predicted molar refractivity (Wildman–Crippen MR) is 58.9 cm³/mol.